The number of hydrogen-bond acceptors (Lipinski definition) is 10. The number of piperazine rings is 1. The maximum absolute atomic E-state index is 13.7. The van der Waals surface area contributed by atoms with E-state index in [1.54, 1.807) is 22.7 Å². The van der Waals surface area contributed by atoms with Crippen molar-refractivity contribution >= 4 is 78.1 Å². The molecule has 2 atom stereocenters. The molecule has 5 heterocycles. The van der Waals surface area contributed by atoms with Gasteiger partial charge < -0.3 is 0 Å². The number of thiazole rings is 2. The highest BCUT2D eigenvalue weighted by Crippen LogP contribution is 2.35. The van der Waals surface area contributed by atoms with Crippen LogP contribution in [0.25, 0.3) is 41.6 Å². The summed E-state index contributed by atoms with van der Waals surface area (Å²) < 4.78 is 2.24. The van der Waals surface area contributed by atoms with Crippen LogP contribution in [0.15, 0.2) is 84.9 Å². The van der Waals surface area contributed by atoms with Crippen LogP contribution in [0.2, 0.25) is 0 Å². The van der Waals surface area contributed by atoms with Crippen molar-refractivity contribution in [3.63, 3.8) is 0 Å². The van der Waals surface area contributed by atoms with Crippen LogP contribution in [-0.2, 0) is 19.2 Å². The van der Waals surface area contributed by atoms with Gasteiger partial charge in [0.15, 0.2) is 0 Å². The molecule has 2 aromatic heterocycles. The number of aromatic nitrogens is 2. The summed E-state index contributed by atoms with van der Waals surface area (Å²) in [5.41, 5.74) is 7.24. The highest BCUT2D eigenvalue weighted by molar-refractivity contribution is 7.22. The van der Waals surface area contributed by atoms with Crippen molar-refractivity contribution in [1.29, 1.82) is 0 Å². The summed E-state index contributed by atoms with van der Waals surface area (Å²) in [6.45, 7) is 6.18. The quantitative estimate of drug-likeness (QED) is 0.181. The third kappa shape index (κ3) is 5.72. The fourth-order valence-electron chi connectivity index (χ4n) is 7.52. The first-order valence-electron chi connectivity index (χ1n) is 17.4. The zero-order valence-electron chi connectivity index (χ0n) is 28.6. The largest absolute Gasteiger partial charge is 0.289 e. The molecule has 0 spiro atoms. The van der Waals surface area contributed by atoms with Crippen LogP contribution >= 0.6 is 22.7 Å². The molecule has 6 aromatic rings. The van der Waals surface area contributed by atoms with E-state index >= 15 is 0 Å². The fourth-order valence-corrected chi connectivity index (χ4v) is 9.66. The van der Waals surface area contributed by atoms with Crippen molar-refractivity contribution < 1.29 is 19.2 Å². The maximum Gasteiger partial charge on any atom is 0.251 e. The van der Waals surface area contributed by atoms with Gasteiger partial charge in [-0.05, 0) is 97.8 Å². The molecule has 9 rings (SSSR count). The van der Waals surface area contributed by atoms with E-state index < -0.39 is 12.1 Å². The van der Waals surface area contributed by atoms with Crippen molar-refractivity contribution in [3.05, 3.63) is 96.1 Å². The van der Waals surface area contributed by atoms with Gasteiger partial charge in [0.2, 0.25) is 11.8 Å². The van der Waals surface area contributed by atoms with Gasteiger partial charge in [-0.15, -0.1) is 22.7 Å². The number of rotatable bonds is 6. The molecular formula is C40H34N6O4S2. The molecule has 0 aliphatic carbocycles. The standard InChI is InChI=1S/C40H34N6O4S2/c1-23-3-13-29-33(19-23)51-37(41-29)25-5-9-27(10-6-25)45-35(47)21-31(39(45)49)43-15-17-44(18-16-43)32-22-36(48)46(40(32)50)28-11-7-26(8-12-28)38-42-30-14-4-24(2)20-34(30)52-38/h3-14,19-20,31-32H,15-18,21-22H2,1-2H3. The topological polar surface area (TPSA) is 107 Å². The van der Waals surface area contributed by atoms with Gasteiger partial charge in [-0.3, -0.25) is 29.0 Å². The normalized spacial score (nSPS) is 20.3. The average Bonchev–Trinajstić information content (AvgIpc) is 3.91. The summed E-state index contributed by atoms with van der Waals surface area (Å²) in [6.07, 6.45) is 0.220. The smallest absolute Gasteiger partial charge is 0.251 e. The molecule has 3 saturated heterocycles. The Balaban J connectivity index is 0.831. The van der Waals surface area contributed by atoms with E-state index in [1.807, 2.05) is 82.6 Å². The Hall–Kier alpha value is -5.14. The van der Waals surface area contributed by atoms with Crippen molar-refractivity contribution in [2.45, 2.75) is 38.8 Å². The van der Waals surface area contributed by atoms with Gasteiger partial charge >= 0.3 is 0 Å². The molecular weight excluding hydrogens is 693 g/mol. The molecule has 4 amide bonds. The van der Waals surface area contributed by atoms with E-state index in [0.717, 1.165) is 41.6 Å². The Labute approximate surface area is 307 Å². The fraction of sp³-hybridized carbons (Fsp3) is 0.250. The minimum atomic E-state index is -0.558. The summed E-state index contributed by atoms with van der Waals surface area (Å²) in [6, 6.07) is 26.2. The molecule has 3 fully saturated rings. The van der Waals surface area contributed by atoms with Crippen LogP contribution in [0.5, 0.6) is 0 Å². The predicted molar refractivity (Wildman–Crippen MR) is 205 cm³/mol. The van der Waals surface area contributed by atoms with Gasteiger partial charge in [0.05, 0.1) is 56.7 Å². The zero-order valence-corrected chi connectivity index (χ0v) is 30.2. The number of carbonyl (C=O) groups excluding carboxylic acids is 4. The van der Waals surface area contributed by atoms with Crippen molar-refractivity contribution in [1.82, 2.24) is 19.8 Å². The lowest BCUT2D eigenvalue weighted by atomic mass is 10.1. The molecule has 3 aliphatic heterocycles. The zero-order chi connectivity index (χ0) is 35.7. The first-order chi connectivity index (χ1) is 25.2. The second-order valence-corrected chi connectivity index (χ2v) is 15.8. The molecule has 52 heavy (non-hydrogen) atoms. The second kappa shape index (κ2) is 12.8. The summed E-state index contributed by atoms with van der Waals surface area (Å²) in [7, 11) is 0. The molecule has 3 aliphatic rings. The van der Waals surface area contributed by atoms with Gasteiger partial charge in [0.25, 0.3) is 11.8 Å². The first-order valence-corrected chi connectivity index (χ1v) is 19.0. The minimum Gasteiger partial charge on any atom is -0.289 e. The minimum absolute atomic E-state index is 0.110. The summed E-state index contributed by atoms with van der Waals surface area (Å²) >= 11 is 3.24. The van der Waals surface area contributed by atoms with Gasteiger partial charge in [-0.25, -0.2) is 19.8 Å². The Kier molecular flexibility index (Phi) is 8.07. The van der Waals surface area contributed by atoms with Gasteiger partial charge in [-0.1, -0.05) is 12.1 Å². The molecule has 260 valence electrons. The maximum atomic E-state index is 13.7. The number of fused-ring (bicyclic) bond motifs is 2. The Morgan fingerprint density at radius 1 is 0.538 bits per heavy atom. The van der Waals surface area contributed by atoms with Crippen molar-refractivity contribution in [2.24, 2.45) is 0 Å². The van der Waals surface area contributed by atoms with Crippen LogP contribution in [0.4, 0.5) is 11.4 Å². The summed E-state index contributed by atoms with van der Waals surface area (Å²) in [4.78, 5) is 69.9. The van der Waals surface area contributed by atoms with Crippen LogP contribution < -0.4 is 9.80 Å². The number of nitrogens with zero attached hydrogens (tertiary/aromatic N) is 6. The first kappa shape index (κ1) is 32.7. The van der Waals surface area contributed by atoms with E-state index in [0.29, 0.717) is 37.6 Å². The van der Waals surface area contributed by atoms with Crippen LogP contribution in [0, 0.1) is 13.8 Å². The van der Waals surface area contributed by atoms with E-state index in [4.69, 9.17) is 9.97 Å². The molecule has 4 aromatic carbocycles. The molecule has 0 N–H and O–H groups in total. The van der Waals surface area contributed by atoms with Crippen molar-refractivity contribution in [2.75, 3.05) is 36.0 Å². The highest BCUT2D eigenvalue weighted by atomic mass is 32.1. The van der Waals surface area contributed by atoms with Crippen LogP contribution in [0.1, 0.15) is 24.0 Å². The Morgan fingerprint density at radius 3 is 1.31 bits per heavy atom. The third-order valence-corrected chi connectivity index (χ3v) is 12.4. The molecule has 10 nitrogen and oxygen atoms in total. The van der Waals surface area contributed by atoms with E-state index in [9.17, 15) is 19.2 Å². The van der Waals surface area contributed by atoms with Gasteiger partial charge in [0, 0.05) is 37.3 Å². The number of benzene rings is 4. The molecule has 2 unspecified atom stereocenters. The summed E-state index contributed by atoms with van der Waals surface area (Å²) in [5, 5.41) is 1.78. The van der Waals surface area contributed by atoms with E-state index in [-0.39, 0.29) is 36.5 Å². The van der Waals surface area contributed by atoms with E-state index in [2.05, 4.69) is 26.0 Å². The molecule has 12 heteroatoms. The second-order valence-electron chi connectivity index (χ2n) is 13.7. The summed E-state index contributed by atoms with van der Waals surface area (Å²) in [5.74, 6) is -0.914. The number of anilines is 2. The molecule has 0 radical (unpaired) electrons. The number of carbonyl (C=O) groups is 4. The molecule has 0 saturated carbocycles. The third-order valence-electron chi connectivity index (χ3n) is 10.3. The lowest BCUT2D eigenvalue weighted by Gasteiger charge is -2.38. The number of imide groups is 2. The average molecular weight is 727 g/mol. The van der Waals surface area contributed by atoms with E-state index in [1.165, 1.54) is 20.9 Å². The van der Waals surface area contributed by atoms with Gasteiger partial charge in [-0.2, -0.15) is 0 Å². The van der Waals surface area contributed by atoms with Crippen LogP contribution in [0.3, 0.4) is 0 Å². The number of hydrogen-bond donors (Lipinski definition) is 0. The lowest BCUT2D eigenvalue weighted by molar-refractivity contribution is -0.126. The SMILES string of the molecule is Cc1ccc2nc(-c3ccc(N4C(=O)CC(N5CCN(C6CC(=O)N(c7ccc(-c8nc9ccc(C)cc9s8)cc7)C6=O)CC5)C4=O)cc3)sc2c1. The number of aryl methyl sites for hydroxylation is 2. The monoisotopic (exact) mass is 726 g/mol. The van der Waals surface area contributed by atoms with Gasteiger partial charge in [0.1, 0.15) is 10.0 Å². The van der Waals surface area contributed by atoms with Crippen molar-refractivity contribution in [3.8, 4) is 21.1 Å². The predicted octanol–water partition coefficient (Wildman–Crippen LogP) is 6.44. The molecule has 0 bridgehead atoms. The lowest BCUT2D eigenvalue weighted by Crippen LogP contribution is -2.56. The Morgan fingerprint density at radius 2 is 0.923 bits per heavy atom. The highest BCUT2D eigenvalue weighted by Gasteiger charge is 2.46. The van der Waals surface area contributed by atoms with Crippen LogP contribution in [-0.4, -0.2) is 81.7 Å². The number of amides is 4. The Bertz CT molecular complexity index is 2240.